The monoisotopic (exact) mass is 327 g/mol. The van der Waals surface area contributed by atoms with Gasteiger partial charge in [0.15, 0.2) is 0 Å². The first-order valence-corrected chi connectivity index (χ1v) is 9.12. The first kappa shape index (κ1) is 15.6. The summed E-state index contributed by atoms with van der Waals surface area (Å²) in [5.41, 5.74) is 2.15. The Balaban J connectivity index is 1.60. The number of carbonyl (C=O) groups excluding carboxylic acids is 1. The molecular formula is C19H25N3O2. The third-order valence-electron chi connectivity index (χ3n) is 5.35. The Hall–Kier alpha value is -1.88. The number of hydrogen-bond donors (Lipinski definition) is 1. The summed E-state index contributed by atoms with van der Waals surface area (Å²) in [6.45, 7) is 1.96. The smallest absolute Gasteiger partial charge is 0.240 e. The Bertz CT molecular complexity index is 712. The molecule has 1 aliphatic heterocycles. The molecule has 0 aromatic carbocycles. The van der Waals surface area contributed by atoms with Gasteiger partial charge >= 0.3 is 0 Å². The van der Waals surface area contributed by atoms with Crippen LogP contribution in [-0.2, 0) is 16.1 Å². The highest BCUT2D eigenvalue weighted by molar-refractivity contribution is 5.82. The van der Waals surface area contributed by atoms with Crippen molar-refractivity contribution in [1.29, 1.82) is 0 Å². The van der Waals surface area contributed by atoms with E-state index in [9.17, 15) is 4.79 Å². The Morgan fingerprint density at radius 2 is 2.04 bits per heavy atom. The SMILES string of the molecule is O=C(Cn1c(C2CCOCC2)cc2cccnc21)NC1CCCC1. The molecule has 5 nitrogen and oxygen atoms in total. The molecule has 2 aliphatic rings. The molecule has 0 unspecified atom stereocenters. The summed E-state index contributed by atoms with van der Waals surface area (Å²) in [6, 6.07) is 6.61. The Morgan fingerprint density at radius 1 is 1.25 bits per heavy atom. The number of rotatable bonds is 4. The molecule has 128 valence electrons. The van der Waals surface area contributed by atoms with Crippen LogP contribution in [0.15, 0.2) is 24.4 Å². The van der Waals surface area contributed by atoms with Gasteiger partial charge in [-0.05, 0) is 43.9 Å². The maximum Gasteiger partial charge on any atom is 0.240 e. The fourth-order valence-electron chi connectivity index (χ4n) is 4.09. The first-order chi connectivity index (χ1) is 11.8. The van der Waals surface area contributed by atoms with E-state index < -0.39 is 0 Å². The lowest BCUT2D eigenvalue weighted by Gasteiger charge is -2.24. The lowest BCUT2D eigenvalue weighted by Crippen LogP contribution is -2.35. The molecule has 1 aliphatic carbocycles. The van der Waals surface area contributed by atoms with Gasteiger partial charge in [0.2, 0.25) is 5.91 Å². The molecule has 0 spiro atoms. The number of aromatic nitrogens is 2. The van der Waals surface area contributed by atoms with E-state index in [0.717, 1.165) is 49.9 Å². The number of nitrogens with zero attached hydrogens (tertiary/aromatic N) is 2. The van der Waals surface area contributed by atoms with Crippen LogP contribution in [-0.4, -0.2) is 34.7 Å². The van der Waals surface area contributed by atoms with Crippen molar-refractivity contribution in [3.05, 3.63) is 30.1 Å². The van der Waals surface area contributed by atoms with Crippen LogP contribution in [0.3, 0.4) is 0 Å². The largest absolute Gasteiger partial charge is 0.381 e. The summed E-state index contributed by atoms with van der Waals surface area (Å²) in [5, 5.41) is 4.32. The van der Waals surface area contributed by atoms with Crippen molar-refractivity contribution < 1.29 is 9.53 Å². The van der Waals surface area contributed by atoms with Gasteiger partial charge in [0.1, 0.15) is 12.2 Å². The van der Waals surface area contributed by atoms with Crippen molar-refractivity contribution >= 4 is 16.9 Å². The van der Waals surface area contributed by atoms with Crippen LogP contribution in [0, 0.1) is 0 Å². The minimum Gasteiger partial charge on any atom is -0.381 e. The van der Waals surface area contributed by atoms with Crippen LogP contribution in [0.1, 0.15) is 50.1 Å². The van der Waals surface area contributed by atoms with Crippen molar-refractivity contribution in [1.82, 2.24) is 14.9 Å². The van der Waals surface area contributed by atoms with E-state index in [1.54, 1.807) is 0 Å². The van der Waals surface area contributed by atoms with Crippen LogP contribution in [0.4, 0.5) is 0 Å². The van der Waals surface area contributed by atoms with Gasteiger partial charge in [-0.3, -0.25) is 4.79 Å². The average Bonchev–Trinajstić information content (AvgIpc) is 3.24. The standard InChI is InChI=1S/C19H25N3O2/c23-18(21-16-5-1-2-6-16)13-22-17(14-7-10-24-11-8-14)12-15-4-3-9-20-19(15)22/h3-4,9,12,14,16H,1-2,5-8,10-11,13H2,(H,21,23). The predicted molar refractivity (Wildman–Crippen MR) is 92.9 cm³/mol. The van der Waals surface area contributed by atoms with E-state index in [2.05, 4.69) is 27.0 Å². The third-order valence-corrected chi connectivity index (χ3v) is 5.35. The van der Waals surface area contributed by atoms with Crippen LogP contribution >= 0.6 is 0 Å². The number of nitrogens with one attached hydrogen (secondary N) is 1. The summed E-state index contributed by atoms with van der Waals surface area (Å²) in [5.74, 6) is 0.561. The number of hydrogen-bond acceptors (Lipinski definition) is 3. The molecule has 0 bridgehead atoms. The van der Waals surface area contributed by atoms with E-state index in [4.69, 9.17) is 4.74 Å². The topological polar surface area (TPSA) is 56.2 Å². The second-order valence-corrected chi connectivity index (χ2v) is 7.01. The highest BCUT2D eigenvalue weighted by Crippen LogP contribution is 2.31. The Morgan fingerprint density at radius 3 is 2.83 bits per heavy atom. The minimum atomic E-state index is 0.110. The maximum atomic E-state index is 12.6. The van der Waals surface area contributed by atoms with Crippen molar-refractivity contribution in [2.75, 3.05) is 13.2 Å². The van der Waals surface area contributed by atoms with E-state index in [1.165, 1.54) is 18.5 Å². The Labute approximate surface area is 142 Å². The number of fused-ring (bicyclic) bond motifs is 1. The van der Waals surface area contributed by atoms with E-state index in [1.807, 2.05) is 12.3 Å². The molecule has 2 aromatic heterocycles. The summed E-state index contributed by atoms with van der Waals surface area (Å²) in [6.07, 6.45) is 8.52. The van der Waals surface area contributed by atoms with Gasteiger partial charge in [0.05, 0.1) is 0 Å². The predicted octanol–water partition coefficient (Wildman–Crippen LogP) is 2.99. The van der Waals surface area contributed by atoms with Crippen molar-refractivity contribution in [2.45, 2.75) is 57.0 Å². The molecule has 1 amide bonds. The molecule has 2 aromatic rings. The maximum absolute atomic E-state index is 12.6. The van der Waals surface area contributed by atoms with Crippen molar-refractivity contribution in [3.63, 3.8) is 0 Å². The number of pyridine rings is 1. The zero-order valence-electron chi connectivity index (χ0n) is 14.0. The van der Waals surface area contributed by atoms with Crippen molar-refractivity contribution in [2.24, 2.45) is 0 Å². The quantitative estimate of drug-likeness (QED) is 0.939. The van der Waals surface area contributed by atoms with Crippen LogP contribution in [0.2, 0.25) is 0 Å². The normalized spacial score (nSPS) is 19.8. The molecule has 3 heterocycles. The minimum absolute atomic E-state index is 0.110. The first-order valence-electron chi connectivity index (χ1n) is 9.12. The second kappa shape index (κ2) is 6.93. The van der Waals surface area contributed by atoms with Crippen molar-refractivity contribution in [3.8, 4) is 0 Å². The lowest BCUT2D eigenvalue weighted by atomic mass is 9.96. The van der Waals surface area contributed by atoms with Gasteiger partial charge in [-0.15, -0.1) is 0 Å². The van der Waals surface area contributed by atoms with Gasteiger partial charge in [0.25, 0.3) is 0 Å². The fraction of sp³-hybridized carbons (Fsp3) is 0.579. The second-order valence-electron chi connectivity index (χ2n) is 7.01. The number of carbonyl (C=O) groups is 1. The molecule has 5 heteroatoms. The molecule has 24 heavy (non-hydrogen) atoms. The van der Waals surface area contributed by atoms with Gasteiger partial charge in [-0.2, -0.15) is 0 Å². The van der Waals surface area contributed by atoms with E-state index in [-0.39, 0.29) is 5.91 Å². The number of amides is 1. The summed E-state index contributed by atoms with van der Waals surface area (Å²) < 4.78 is 7.62. The Kier molecular flexibility index (Phi) is 4.52. The van der Waals surface area contributed by atoms with Gasteiger partial charge < -0.3 is 14.6 Å². The fourth-order valence-corrected chi connectivity index (χ4v) is 4.09. The summed E-state index contributed by atoms with van der Waals surface area (Å²) in [4.78, 5) is 17.1. The lowest BCUT2D eigenvalue weighted by molar-refractivity contribution is -0.122. The summed E-state index contributed by atoms with van der Waals surface area (Å²) >= 11 is 0. The van der Waals surface area contributed by atoms with E-state index >= 15 is 0 Å². The zero-order valence-corrected chi connectivity index (χ0v) is 14.0. The van der Waals surface area contributed by atoms with Gasteiger partial charge in [-0.25, -0.2) is 4.98 Å². The van der Waals surface area contributed by atoms with Gasteiger partial charge in [-0.1, -0.05) is 12.8 Å². The zero-order chi connectivity index (χ0) is 16.4. The molecule has 1 saturated carbocycles. The highest BCUT2D eigenvalue weighted by atomic mass is 16.5. The molecule has 1 N–H and O–H groups in total. The average molecular weight is 327 g/mol. The number of ether oxygens (including phenoxy) is 1. The molecule has 1 saturated heterocycles. The van der Waals surface area contributed by atoms with E-state index in [0.29, 0.717) is 18.5 Å². The highest BCUT2D eigenvalue weighted by Gasteiger charge is 2.24. The molecule has 4 rings (SSSR count). The molecule has 0 radical (unpaired) electrons. The molecule has 0 atom stereocenters. The molecular weight excluding hydrogens is 302 g/mol. The van der Waals surface area contributed by atoms with Gasteiger partial charge in [0, 0.05) is 42.5 Å². The van der Waals surface area contributed by atoms with Crippen LogP contribution < -0.4 is 5.32 Å². The third kappa shape index (κ3) is 3.18. The van der Waals surface area contributed by atoms with Crippen LogP contribution in [0.25, 0.3) is 11.0 Å². The molecule has 2 fully saturated rings. The van der Waals surface area contributed by atoms with Crippen LogP contribution in [0.5, 0.6) is 0 Å². The summed E-state index contributed by atoms with van der Waals surface area (Å²) in [7, 11) is 0.